The third-order valence-electron chi connectivity index (χ3n) is 3.61. The number of hydrogen-bond donors (Lipinski definition) is 1. The lowest BCUT2D eigenvalue weighted by atomic mass is 10.2. The number of nitrogens with one attached hydrogen (secondary N) is 1. The molecule has 0 saturated carbocycles. The molecule has 24 heavy (non-hydrogen) atoms. The Labute approximate surface area is 141 Å². The normalized spacial score (nSPS) is 12.8. The molecule has 6 nitrogen and oxygen atoms in total. The van der Waals surface area contributed by atoms with Crippen molar-refractivity contribution < 1.29 is 22.4 Å². The van der Waals surface area contributed by atoms with Crippen LogP contribution in [0.5, 0.6) is 5.75 Å². The summed E-state index contributed by atoms with van der Waals surface area (Å²) in [5.74, 6) is 0.411. The summed E-state index contributed by atoms with van der Waals surface area (Å²) >= 11 is 0. The van der Waals surface area contributed by atoms with Gasteiger partial charge in [0.15, 0.2) is 9.84 Å². The standard InChI is InChI=1S/C17H21NO5S/c1-12(2)17(19)18-11-16(15-5-4-10-23-15)24(20,21)14-8-6-13(22-3)7-9-14/h4-10,12,16H,11H2,1-3H3,(H,18,19). The second-order valence-corrected chi connectivity index (χ2v) is 7.75. The van der Waals surface area contributed by atoms with Gasteiger partial charge >= 0.3 is 0 Å². The van der Waals surface area contributed by atoms with Crippen LogP contribution in [-0.4, -0.2) is 28.0 Å². The van der Waals surface area contributed by atoms with Gasteiger partial charge in [0.1, 0.15) is 16.8 Å². The Morgan fingerprint density at radius 2 is 1.88 bits per heavy atom. The topological polar surface area (TPSA) is 85.6 Å². The highest BCUT2D eigenvalue weighted by Crippen LogP contribution is 2.30. The molecule has 0 saturated heterocycles. The van der Waals surface area contributed by atoms with E-state index in [1.807, 2.05) is 0 Å². The Balaban J connectivity index is 2.32. The number of benzene rings is 1. The maximum absolute atomic E-state index is 13.0. The molecule has 2 rings (SSSR count). The van der Waals surface area contributed by atoms with E-state index in [9.17, 15) is 13.2 Å². The Morgan fingerprint density at radius 3 is 2.38 bits per heavy atom. The quantitative estimate of drug-likeness (QED) is 0.828. The Kier molecular flexibility index (Phi) is 5.66. The van der Waals surface area contributed by atoms with Gasteiger partial charge < -0.3 is 14.5 Å². The van der Waals surface area contributed by atoms with E-state index in [0.29, 0.717) is 5.75 Å². The molecule has 1 aromatic carbocycles. The zero-order valence-electron chi connectivity index (χ0n) is 13.9. The predicted molar refractivity (Wildman–Crippen MR) is 89.5 cm³/mol. The second-order valence-electron chi connectivity index (χ2n) is 5.62. The van der Waals surface area contributed by atoms with E-state index >= 15 is 0 Å². The van der Waals surface area contributed by atoms with Crippen LogP contribution in [0.4, 0.5) is 0 Å². The average Bonchev–Trinajstić information content (AvgIpc) is 3.08. The molecule has 0 fully saturated rings. The first-order valence-corrected chi connectivity index (χ1v) is 9.10. The van der Waals surface area contributed by atoms with Crippen LogP contribution in [0.1, 0.15) is 24.9 Å². The van der Waals surface area contributed by atoms with Crippen LogP contribution >= 0.6 is 0 Å². The molecular weight excluding hydrogens is 330 g/mol. The van der Waals surface area contributed by atoms with Gasteiger partial charge in [0.2, 0.25) is 5.91 Å². The van der Waals surface area contributed by atoms with Crippen molar-refractivity contribution in [1.29, 1.82) is 0 Å². The van der Waals surface area contributed by atoms with Crippen molar-refractivity contribution in [3.63, 3.8) is 0 Å². The summed E-state index contributed by atoms with van der Waals surface area (Å²) in [5.41, 5.74) is 0. The molecule has 0 aliphatic rings. The fourth-order valence-electron chi connectivity index (χ4n) is 2.16. The van der Waals surface area contributed by atoms with Crippen molar-refractivity contribution in [2.75, 3.05) is 13.7 Å². The highest BCUT2D eigenvalue weighted by atomic mass is 32.2. The minimum atomic E-state index is -3.73. The summed E-state index contributed by atoms with van der Waals surface area (Å²) in [6.07, 6.45) is 1.41. The van der Waals surface area contributed by atoms with E-state index in [1.54, 1.807) is 38.1 Å². The zero-order chi connectivity index (χ0) is 17.7. The largest absolute Gasteiger partial charge is 0.497 e. The lowest BCUT2D eigenvalue weighted by Gasteiger charge is -2.17. The maximum atomic E-state index is 13.0. The highest BCUT2D eigenvalue weighted by molar-refractivity contribution is 7.91. The molecule has 130 valence electrons. The maximum Gasteiger partial charge on any atom is 0.222 e. The molecule has 1 heterocycles. The van der Waals surface area contributed by atoms with Crippen LogP contribution in [0, 0.1) is 5.92 Å². The average molecular weight is 351 g/mol. The number of carbonyl (C=O) groups excluding carboxylic acids is 1. The minimum Gasteiger partial charge on any atom is -0.497 e. The van der Waals surface area contributed by atoms with Gasteiger partial charge in [-0.1, -0.05) is 13.8 Å². The summed E-state index contributed by atoms with van der Waals surface area (Å²) in [6, 6.07) is 9.34. The van der Waals surface area contributed by atoms with Gasteiger partial charge in [-0.3, -0.25) is 4.79 Å². The third-order valence-corrected chi connectivity index (χ3v) is 5.69. The molecule has 0 bridgehead atoms. The highest BCUT2D eigenvalue weighted by Gasteiger charge is 2.32. The third kappa shape index (κ3) is 3.97. The Bertz CT molecular complexity index is 764. The number of methoxy groups -OCH3 is 1. The molecule has 1 N–H and O–H groups in total. The van der Waals surface area contributed by atoms with Crippen LogP contribution in [-0.2, 0) is 14.6 Å². The molecule has 1 aromatic heterocycles. The molecule has 1 atom stereocenters. The Morgan fingerprint density at radius 1 is 1.21 bits per heavy atom. The number of hydrogen-bond acceptors (Lipinski definition) is 5. The fraction of sp³-hybridized carbons (Fsp3) is 0.353. The van der Waals surface area contributed by atoms with Crippen LogP contribution in [0.2, 0.25) is 0 Å². The second kappa shape index (κ2) is 7.53. The summed E-state index contributed by atoms with van der Waals surface area (Å²) in [7, 11) is -2.22. The van der Waals surface area contributed by atoms with Gasteiger partial charge in [0.25, 0.3) is 0 Å². The zero-order valence-corrected chi connectivity index (χ0v) is 14.7. The molecular formula is C17H21NO5S. The SMILES string of the molecule is COc1ccc(S(=O)(=O)C(CNC(=O)C(C)C)c2ccco2)cc1. The number of rotatable bonds is 7. The van der Waals surface area contributed by atoms with Crippen LogP contribution in [0.25, 0.3) is 0 Å². The van der Waals surface area contributed by atoms with Gasteiger partial charge in [-0.2, -0.15) is 0 Å². The van der Waals surface area contributed by atoms with Crippen molar-refractivity contribution in [2.24, 2.45) is 5.92 Å². The van der Waals surface area contributed by atoms with Crippen molar-refractivity contribution in [3.8, 4) is 5.75 Å². The monoisotopic (exact) mass is 351 g/mol. The molecule has 0 aliphatic carbocycles. The van der Waals surface area contributed by atoms with Gasteiger partial charge in [-0.05, 0) is 36.4 Å². The van der Waals surface area contributed by atoms with E-state index in [-0.39, 0.29) is 29.0 Å². The molecule has 0 spiro atoms. The van der Waals surface area contributed by atoms with Crippen LogP contribution < -0.4 is 10.1 Å². The van der Waals surface area contributed by atoms with Gasteiger partial charge in [-0.15, -0.1) is 0 Å². The minimum absolute atomic E-state index is 0.0567. The van der Waals surface area contributed by atoms with E-state index in [1.165, 1.54) is 25.5 Å². The first-order chi connectivity index (χ1) is 11.4. The summed E-state index contributed by atoms with van der Waals surface area (Å²) in [6.45, 7) is 3.43. The molecule has 0 radical (unpaired) electrons. The van der Waals surface area contributed by atoms with Crippen molar-refractivity contribution in [1.82, 2.24) is 5.32 Å². The fourth-order valence-corrected chi connectivity index (χ4v) is 3.75. The number of carbonyl (C=O) groups is 1. The number of sulfone groups is 1. The lowest BCUT2D eigenvalue weighted by molar-refractivity contribution is -0.123. The van der Waals surface area contributed by atoms with Crippen molar-refractivity contribution in [2.45, 2.75) is 24.0 Å². The number of ether oxygens (including phenoxy) is 1. The number of amides is 1. The van der Waals surface area contributed by atoms with Crippen LogP contribution in [0.3, 0.4) is 0 Å². The van der Waals surface area contributed by atoms with E-state index in [4.69, 9.17) is 9.15 Å². The van der Waals surface area contributed by atoms with E-state index in [0.717, 1.165) is 0 Å². The molecule has 7 heteroatoms. The summed E-state index contributed by atoms with van der Waals surface area (Å²) in [5, 5.41) is 1.67. The van der Waals surface area contributed by atoms with Gasteiger partial charge in [0.05, 0.1) is 18.3 Å². The first-order valence-electron chi connectivity index (χ1n) is 7.55. The summed E-state index contributed by atoms with van der Waals surface area (Å²) in [4.78, 5) is 12.0. The Hall–Kier alpha value is -2.28. The van der Waals surface area contributed by atoms with E-state index in [2.05, 4.69) is 5.32 Å². The predicted octanol–water partition coefficient (Wildman–Crippen LogP) is 2.58. The lowest BCUT2D eigenvalue weighted by Crippen LogP contribution is -2.34. The summed E-state index contributed by atoms with van der Waals surface area (Å²) < 4.78 is 36.3. The van der Waals surface area contributed by atoms with Gasteiger partial charge in [0, 0.05) is 12.5 Å². The van der Waals surface area contributed by atoms with E-state index < -0.39 is 15.1 Å². The van der Waals surface area contributed by atoms with Crippen molar-refractivity contribution in [3.05, 3.63) is 48.4 Å². The molecule has 0 aliphatic heterocycles. The molecule has 2 aromatic rings. The molecule has 1 amide bonds. The van der Waals surface area contributed by atoms with Crippen molar-refractivity contribution >= 4 is 15.7 Å². The first kappa shape index (κ1) is 18.1. The number of furan rings is 1. The smallest absolute Gasteiger partial charge is 0.222 e. The van der Waals surface area contributed by atoms with Gasteiger partial charge in [-0.25, -0.2) is 8.42 Å². The molecule has 1 unspecified atom stereocenters. The van der Waals surface area contributed by atoms with Crippen LogP contribution in [0.15, 0.2) is 52.0 Å².